The van der Waals surface area contributed by atoms with Crippen LogP contribution in [0.3, 0.4) is 0 Å². The normalized spacial score (nSPS) is 24.3. The molecule has 0 aromatic heterocycles. The number of aliphatic hydroxyl groups is 4. The highest BCUT2D eigenvalue weighted by atomic mass is 16.7. The third-order valence-electron chi connectivity index (χ3n) is 8.92. The van der Waals surface area contributed by atoms with Crippen LogP contribution in [0, 0.1) is 5.92 Å². The lowest BCUT2D eigenvalue weighted by atomic mass is 9.89. The van der Waals surface area contributed by atoms with E-state index < -0.39 is 37.8 Å². The maximum absolute atomic E-state index is 12.9. The van der Waals surface area contributed by atoms with E-state index in [4.69, 9.17) is 14.2 Å². The van der Waals surface area contributed by atoms with Crippen LogP contribution in [0.2, 0.25) is 0 Å². The Balaban J connectivity index is 1.56. The molecule has 1 saturated heterocycles. The van der Waals surface area contributed by atoms with Gasteiger partial charge in [-0.2, -0.15) is 0 Å². The first-order valence-corrected chi connectivity index (χ1v) is 17.3. The summed E-state index contributed by atoms with van der Waals surface area (Å²) in [6.45, 7) is 5.44. The standard InChI is InChI=1S/C33H61N3O10/c1-23-12-14-27(15-13-23)45-28-18-26(20-37)36(19-28)32(43)11-7-4-8-16-34-31(42)10-6-5-9-17-44-33(29(21-38)35-25(3)41)46-30(22-39)24(2)40/h23-24,26-30,33,37-40H,4-22H2,1-3H3,(H,34,42)(H,35,41)/t23?,24-,26+,27?,28-,29+,30?,33?/m1/s1. The number of hydrogen-bond acceptors (Lipinski definition) is 10. The van der Waals surface area contributed by atoms with E-state index in [2.05, 4.69) is 17.6 Å². The molecule has 0 aromatic rings. The van der Waals surface area contributed by atoms with Crippen molar-refractivity contribution in [3.8, 4) is 0 Å². The summed E-state index contributed by atoms with van der Waals surface area (Å²) in [5, 5.41) is 44.2. The summed E-state index contributed by atoms with van der Waals surface area (Å²) in [4.78, 5) is 38.4. The van der Waals surface area contributed by atoms with Gasteiger partial charge in [-0.25, -0.2) is 0 Å². The molecule has 0 radical (unpaired) electrons. The summed E-state index contributed by atoms with van der Waals surface area (Å²) in [7, 11) is 0. The van der Waals surface area contributed by atoms with Crippen molar-refractivity contribution in [1.82, 2.24) is 15.5 Å². The average molecular weight is 660 g/mol. The third-order valence-corrected chi connectivity index (χ3v) is 8.92. The van der Waals surface area contributed by atoms with Crippen molar-refractivity contribution < 1.29 is 49.0 Å². The van der Waals surface area contributed by atoms with Gasteiger partial charge in [0.2, 0.25) is 17.7 Å². The minimum Gasteiger partial charge on any atom is -0.394 e. The fourth-order valence-electron chi connectivity index (χ4n) is 6.08. The second kappa shape index (κ2) is 22.7. The quantitative estimate of drug-likeness (QED) is 0.0691. The van der Waals surface area contributed by atoms with Crippen LogP contribution in [0.4, 0.5) is 0 Å². The zero-order valence-electron chi connectivity index (χ0n) is 28.2. The molecule has 1 saturated carbocycles. The van der Waals surface area contributed by atoms with Gasteiger partial charge in [0.1, 0.15) is 12.1 Å². The van der Waals surface area contributed by atoms with Crippen LogP contribution in [-0.4, -0.2) is 125 Å². The molecule has 6 N–H and O–H groups in total. The molecule has 6 atom stereocenters. The molecule has 2 fully saturated rings. The number of rotatable bonds is 23. The van der Waals surface area contributed by atoms with Crippen LogP contribution in [0.1, 0.15) is 104 Å². The lowest BCUT2D eigenvalue weighted by molar-refractivity contribution is -0.214. The summed E-state index contributed by atoms with van der Waals surface area (Å²) < 4.78 is 17.6. The number of amides is 3. The average Bonchev–Trinajstić information content (AvgIpc) is 3.44. The van der Waals surface area contributed by atoms with Gasteiger partial charge < -0.3 is 50.2 Å². The first kappa shape index (κ1) is 40.3. The number of likely N-dealkylation sites (tertiary alicyclic amines) is 1. The van der Waals surface area contributed by atoms with E-state index >= 15 is 0 Å². The van der Waals surface area contributed by atoms with Crippen LogP contribution < -0.4 is 10.6 Å². The molecule has 0 aromatic carbocycles. The van der Waals surface area contributed by atoms with Crippen molar-refractivity contribution in [2.45, 2.75) is 147 Å². The molecule has 2 unspecified atom stereocenters. The fraction of sp³-hybridized carbons (Fsp3) is 0.909. The lowest BCUT2D eigenvalue weighted by Gasteiger charge is -2.30. The lowest BCUT2D eigenvalue weighted by Crippen LogP contribution is -2.50. The van der Waals surface area contributed by atoms with Crippen molar-refractivity contribution in [3.05, 3.63) is 0 Å². The third kappa shape index (κ3) is 15.4. The van der Waals surface area contributed by atoms with Gasteiger partial charge in [-0.05, 0) is 70.6 Å². The summed E-state index contributed by atoms with van der Waals surface area (Å²) in [6.07, 6.45) is 7.62. The summed E-state index contributed by atoms with van der Waals surface area (Å²) in [6, 6.07) is -1.04. The van der Waals surface area contributed by atoms with E-state index in [1.807, 2.05) is 0 Å². The topological polar surface area (TPSA) is 187 Å². The number of carbonyl (C=O) groups excluding carboxylic acids is 3. The van der Waals surface area contributed by atoms with Gasteiger partial charge in [-0.3, -0.25) is 14.4 Å². The summed E-state index contributed by atoms with van der Waals surface area (Å²) in [5.41, 5.74) is 0. The molecular weight excluding hydrogens is 598 g/mol. The predicted octanol–water partition coefficient (Wildman–Crippen LogP) is 1.38. The Morgan fingerprint density at radius 2 is 1.61 bits per heavy atom. The molecule has 2 aliphatic rings. The maximum Gasteiger partial charge on any atom is 0.222 e. The highest BCUT2D eigenvalue weighted by Gasteiger charge is 2.36. The molecule has 13 heteroatoms. The monoisotopic (exact) mass is 659 g/mol. The smallest absolute Gasteiger partial charge is 0.222 e. The first-order chi connectivity index (χ1) is 22.1. The highest BCUT2D eigenvalue weighted by molar-refractivity contribution is 5.77. The molecule has 0 spiro atoms. The van der Waals surface area contributed by atoms with Crippen LogP contribution in [-0.2, 0) is 28.6 Å². The maximum atomic E-state index is 12.9. The number of carbonyl (C=O) groups is 3. The summed E-state index contributed by atoms with van der Waals surface area (Å²) >= 11 is 0. The Hall–Kier alpha value is -1.87. The fourth-order valence-corrected chi connectivity index (χ4v) is 6.08. The molecule has 1 aliphatic carbocycles. The number of aliphatic hydroxyl groups excluding tert-OH is 4. The van der Waals surface area contributed by atoms with E-state index in [0.29, 0.717) is 51.6 Å². The number of ether oxygens (including phenoxy) is 3. The second-order valence-corrected chi connectivity index (χ2v) is 13.1. The zero-order chi connectivity index (χ0) is 33.9. The van der Waals surface area contributed by atoms with Crippen molar-refractivity contribution in [2.24, 2.45) is 5.92 Å². The molecule has 1 heterocycles. The number of nitrogens with one attached hydrogen (secondary N) is 2. The van der Waals surface area contributed by atoms with Crippen molar-refractivity contribution in [1.29, 1.82) is 0 Å². The Bertz CT molecular complexity index is 871. The van der Waals surface area contributed by atoms with Crippen LogP contribution >= 0.6 is 0 Å². The van der Waals surface area contributed by atoms with Crippen LogP contribution in [0.5, 0.6) is 0 Å². The number of nitrogens with zero attached hydrogens (tertiary/aromatic N) is 1. The number of unbranched alkanes of at least 4 members (excludes halogenated alkanes) is 4. The SMILES string of the molecule is CC(=O)N[C@@H](CO)C(OCCCCCC(=O)NCCCCCC(=O)N1C[C@H](OC2CCC(C)CC2)C[C@H]1CO)OC(CO)[C@@H](C)O. The Morgan fingerprint density at radius 3 is 2.24 bits per heavy atom. The van der Waals surface area contributed by atoms with Crippen LogP contribution in [0.15, 0.2) is 0 Å². The second-order valence-electron chi connectivity index (χ2n) is 13.1. The molecule has 0 bridgehead atoms. The predicted molar refractivity (Wildman–Crippen MR) is 172 cm³/mol. The van der Waals surface area contributed by atoms with Gasteiger partial charge in [0.25, 0.3) is 0 Å². The van der Waals surface area contributed by atoms with Crippen molar-refractivity contribution in [3.63, 3.8) is 0 Å². The molecule has 1 aliphatic heterocycles. The minimum absolute atomic E-state index is 0.00209. The van der Waals surface area contributed by atoms with Gasteiger partial charge in [0.15, 0.2) is 6.29 Å². The molecule has 13 nitrogen and oxygen atoms in total. The summed E-state index contributed by atoms with van der Waals surface area (Å²) in [5.74, 6) is 0.406. The van der Waals surface area contributed by atoms with Crippen LogP contribution in [0.25, 0.3) is 0 Å². The largest absolute Gasteiger partial charge is 0.394 e. The van der Waals surface area contributed by atoms with Gasteiger partial charge in [-0.15, -0.1) is 0 Å². The van der Waals surface area contributed by atoms with Crippen molar-refractivity contribution >= 4 is 17.7 Å². The molecule has 268 valence electrons. The Morgan fingerprint density at radius 1 is 0.913 bits per heavy atom. The van der Waals surface area contributed by atoms with E-state index in [1.165, 1.54) is 26.7 Å². The van der Waals surface area contributed by atoms with E-state index in [1.54, 1.807) is 4.90 Å². The Kier molecular flexibility index (Phi) is 19.9. The van der Waals surface area contributed by atoms with Gasteiger partial charge >= 0.3 is 0 Å². The molecule has 2 rings (SSSR count). The molecule has 46 heavy (non-hydrogen) atoms. The minimum atomic E-state index is -1.06. The first-order valence-electron chi connectivity index (χ1n) is 17.3. The number of hydrogen-bond donors (Lipinski definition) is 6. The van der Waals surface area contributed by atoms with Gasteiger partial charge in [0.05, 0.1) is 44.2 Å². The highest BCUT2D eigenvalue weighted by Crippen LogP contribution is 2.30. The van der Waals surface area contributed by atoms with E-state index in [-0.39, 0.29) is 49.2 Å². The zero-order valence-corrected chi connectivity index (χ0v) is 28.2. The van der Waals surface area contributed by atoms with Crippen molar-refractivity contribution in [2.75, 3.05) is 39.5 Å². The van der Waals surface area contributed by atoms with E-state index in [0.717, 1.165) is 38.0 Å². The Labute approximate surface area is 274 Å². The molecular formula is C33H61N3O10. The molecule has 3 amide bonds. The van der Waals surface area contributed by atoms with Gasteiger partial charge in [-0.1, -0.05) is 19.8 Å². The van der Waals surface area contributed by atoms with E-state index in [9.17, 15) is 34.8 Å². The van der Waals surface area contributed by atoms with Gasteiger partial charge in [0, 0.05) is 39.5 Å².